The average molecular weight is 427 g/mol. The van der Waals surface area contributed by atoms with Gasteiger partial charge in [-0.25, -0.2) is 0 Å². The molecule has 0 aromatic rings. The Morgan fingerprint density at radius 3 is 2.19 bits per heavy atom. The SMILES string of the molecule is C=C1CC[C@]2(C)CC[C@]3(C)[C@H](CC[C@@H]4[C@@]5(C)CC[C@H](O)C(C)(C)[C@@H]5CC[C@]43C)[C@@H]2[C@@H]1C. The van der Waals surface area contributed by atoms with Gasteiger partial charge >= 0.3 is 0 Å². The van der Waals surface area contributed by atoms with E-state index in [0.29, 0.717) is 33.5 Å². The second kappa shape index (κ2) is 6.64. The van der Waals surface area contributed by atoms with Crippen molar-refractivity contribution < 1.29 is 5.11 Å². The molecule has 0 radical (unpaired) electrons. The normalized spacial score (nSPS) is 58.5. The van der Waals surface area contributed by atoms with Gasteiger partial charge in [0.2, 0.25) is 0 Å². The third-order valence-electron chi connectivity index (χ3n) is 13.6. The summed E-state index contributed by atoms with van der Waals surface area (Å²) in [4.78, 5) is 0. The van der Waals surface area contributed by atoms with Crippen LogP contribution in [0, 0.1) is 56.7 Å². The highest BCUT2D eigenvalue weighted by Gasteiger charge is 2.69. The minimum atomic E-state index is -0.119. The molecule has 5 aliphatic rings. The molecule has 0 aliphatic heterocycles. The van der Waals surface area contributed by atoms with E-state index in [-0.39, 0.29) is 11.5 Å². The maximum Gasteiger partial charge on any atom is 0.0594 e. The molecule has 5 saturated carbocycles. The predicted octanol–water partition coefficient (Wildman–Crippen LogP) is 8.02. The van der Waals surface area contributed by atoms with Crippen LogP contribution in [0.5, 0.6) is 0 Å². The van der Waals surface area contributed by atoms with E-state index in [9.17, 15) is 5.11 Å². The molecule has 0 saturated heterocycles. The van der Waals surface area contributed by atoms with E-state index in [0.717, 1.165) is 24.2 Å². The van der Waals surface area contributed by atoms with E-state index in [1.807, 2.05) is 0 Å². The highest BCUT2D eigenvalue weighted by Crippen LogP contribution is 2.76. The molecule has 5 fully saturated rings. The molecule has 1 heteroatoms. The Labute approximate surface area is 192 Å². The van der Waals surface area contributed by atoms with Crippen LogP contribution in [-0.4, -0.2) is 11.2 Å². The summed E-state index contributed by atoms with van der Waals surface area (Å²) in [5, 5.41) is 10.9. The number of hydrogen-bond donors (Lipinski definition) is 1. The van der Waals surface area contributed by atoms with E-state index in [2.05, 4.69) is 55.0 Å². The fourth-order valence-corrected chi connectivity index (χ4v) is 11.4. The highest BCUT2D eigenvalue weighted by atomic mass is 16.3. The summed E-state index contributed by atoms with van der Waals surface area (Å²) in [6.07, 6.45) is 13.2. The molecule has 0 bridgehead atoms. The topological polar surface area (TPSA) is 20.2 Å². The van der Waals surface area contributed by atoms with Crippen LogP contribution in [-0.2, 0) is 0 Å². The minimum absolute atomic E-state index is 0.0623. The number of rotatable bonds is 0. The summed E-state index contributed by atoms with van der Waals surface area (Å²) in [6, 6.07) is 0. The van der Waals surface area contributed by atoms with Gasteiger partial charge in [0, 0.05) is 0 Å². The molecular weight excluding hydrogens is 376 g/mol. The molecule has 1 nitrogen and oxygen atoms in total. The molecule has 10 atom stereocenters. The molecule has 0 spiro atoms. The highest BCUT2D eigenvalue weighted by molar-refractivity contribution is 5.21. The van der Waals surface area contributed by atoms with Crippen molar-refractivity contribution in [3.05, 3.63) is 12.2 Å². The van der Waals surface area contributed by atoms with Crippen LogP contribution >= 0.6 is 0 Å². The summed E-state index contributed by atoms with van der Waals surface area (Å²) in [7, 11) is 0. The van der Waals surface area contributed by atoms with Gasteiger partial charge in [-0.15, -0.1) is 0 Å². The molecule has 0 amide bonds. The number of aliphatic hydroxyl groups excluding tert-OH is 1. The molecule has 0 heterocycles. The number of hydrogen-bond acceptors (Lipinski definition) is 1. The summed E-state index contributed by atoms with van der Waals surface area (Å²) in [5.74, 6) is 3.88. The van der Waals surface area contributed by atoms with Crippen molar-refractivity contribution in [1.29, 1.82) is 0 Å². The van der Waals surface area contributed by atoms with Gasteiger partial charge in [-0.3, -0.25) is 0 Å². The molecule has 5 aliphatic carbocycles. The van der Waals surface area contributed by atoms with Gasteiger partial charge in [0.1, 0.15) is 0 Å². The molecule has 176 valence electrons. The number of fused-ring (bicyclic) bond motifs is 7. The third kappa shape index (κ3) is 2.65. The van der Waals surface area contributed by atoms with Gasteiger partial charge in [0.25, 0.3) is 0 Å². The lowest BCUT2D eigenvalue weighted by molar-refractivity contribution is -0.251. The number of allylic oxidation sites excluding steroid dienone is 1. The number of aliphatic hydroxyl groups is 1. The predicted molar refractivity (Wildman–Crippen MR) is 131 cm³/mol. The lowest BCUT2D eigenvalue weighted by Gasteiger charge is -2.73. The van der Waals surface area contributed by atoms with Crippen molar-refractivity contribution in [3.63, 3.8) is 0 Å². The fourth-order valence-electron chi connectivity index (χ4n) is 11.4. The summed E-state index contributed by atoms with van der Waals surface area (Å²) in [5.41, 5.74) is 3.43. The summed E-state index contributed by atoms with van der Waals surface area (Å²) >= 11 is 0. The van der Waals surface area contributed by atoms with Crippen molar-refractivity contribution in [3.8, 4) is 0 Å². The van der Waals surface area contributed by atoms with Gasteiger partial charge in [-0.05, 0) is 121 Å². The third-order valence-corrected chi connectivity index (χ3v) is 13.6. The maximum absolute atomic E-state index is 10.9. The van der Waals surface area contributed by atoms with Gasteiger partial charge in [-0.1, -0.05) is 60.6 Å². The molecule has 0 aromatic carbocycles. The van der Waals surface area contributed by atoms with Crippen LogP contribution in [0.2, 0.25) is 0 Å². The zero-order valence-electron chi connectivity index (χ0n) is 21.7. The summed E-state index contributed by atoms with van der Waals surface area (Å²) in [6.45, 7) is 22.6. The molecule has 0 aromatic heterocycles. The van der Waals surface area contributed by atoms with E-state index in [4.69, 9.17) is 0 Å². The Bertz CT molecular complexity index is 766. The molecule has 31 heavy (non-hydrogen) atoms. The molecular formula is C30H50O. The zero-order valence-corrected chi connectivity index (χ0v) is 21.7. The zero-order chi connectivity index (χ0) is 22.6. The van der Waals surface area contributed by atoms with Crippen LogP contribution < -0.4 is 0 Å². The van der Waals surface area contributed by atoms with Crippen molar-refractivity contribution in [2.24, 2.45) is 56.7 Å². The van der Waals surface area contributed by atoms with E-state index < -0.39 is 0 Å². The van der Waals surface area contributed by atoms with E-state index in [1.165, 1.54) is 63.4 Å². The first kappa shape index (κ1) is 22.5. The van der Waals surface area contributed by atoms with Gasteiger partial charge in [-0.2, -0.15) is 0 Å². The first-order chi connectivity index (χ1) is 14.3. The van der Waals surface area contributed by atoms with Gasteiger partial charge < -0.3 is 5.11 Å². The van der Waals surface area contributed by atoms with Crippen LogP contribution in [0.25, 0.3) is 0 Å². The van der Waals surface area contributed by atoms with Gasteiger partial charge in [0.05, 0.1) is 6.10 Å². The van der Waals surface area contributed by atoms with Crippen LogP contribution in [0.3, 0.4) is 0 Å². The largest absolute Gasteiger partial charge is 0.393 e. The molecule has 1 N–H and O–H groups in total. The van der Waals surface area contributed by atoms with E-state index >= 15 is 0 Å². The Balaban J connectivity index is 1.54. The second-order valence-corrected chi connectivity index (χ2v) is 14.7. The Hall–Kier alpha value is -0.300. The monoisotopic (exact) mass is 426 g/mol. The Morgan fingerprint density at radius 1 is 0.774 bits per heavy atom. The van der Waals surface area contributed by atoms with Crippen LogP contribution in [0.1, 0.15) is 113 Å². The first-order valence-corrected chi connectivity index (χ1v) is 13.7. The van der Waals surface area contributed by atoms with Crippen molar-refractivity contribution in [2.45, 2.75) is 119 Å². The van der Waals surface area contributed by atoms with Crippen LogP contribution in [0.4, 0.5) is 0 Å². The second-order valence-electron chi connectivity index (χ2n) is 14.7. The van der Waals surface area contributed by atoms with Gasteiger partial charge in [0.15, 0.2) is 0 Å². The lowest BCUT2D eigenvalue weighted by Crippen LogP contribution is -2.67. The summed E-state index contributed by atoms with van der Waals surface area (Å²) < 4.78 is 0. The lowest BCUT2D eigenvalue weighted by atomic mass is 9.31. The Morgan fingerprint density at radius 2 is 1.48 bits per heavy atom. The maximum atomic E-state index is 10.9. The van der Waals surface area contributed by atoms with Crippen LogP contribution in [0.15, 0.2) is 12.2 Å². The minimum Gasteiger partial charge on any atom is -0.393 e. The Kier molecular flexibility index (Phi) is 4.82. The molecule has 5 rings (SSSR count). The van der Waals surface area contributed by atoms with Crippen molar-refractivity contribution >= 4 is 0 Å². The van der Waals surface area contributed by atoms with Crippen molar-refractivity contribution in [1.82, 2.24) is 0 Å². The molecule has 0 unspecified atom stereocenters. The van der Waals surface area contributed by atoms with E-state index in [1.54, 1.807) is 0 Å². The fraction of sp³-hybridized carbons (Fsp3) is 0.933. The average Bonchev–Trinajstić information content (AvgIpc) is 2.69. The smallest absolute Gasteiger partial charge is 0.0594 e. The quantitative estimate of drug-likeness (QED) is 0.389. The van der Waals surface area contributed by atoms with Crippen molar-refractivity contribution in [2.75, 3.05) is 0 Å². The first-order valence-electron chi connectivity index (χ1n) is 13.7. The standard InChI is InChI=1S/C30H50O/c1-19-11-14-27(5)17-18-29(7)21(25(27)20(19)2)9-10-23-28(6)15-13-24(31)26(3,4)22(28)12-16-30(23,29)8/h20-25,31H,1,9-18H2,2-8H3/t20-,21-,22+,23-,24+,25+,27-,28+,29-,30-/m1/s1.